The first kappa shape index (κ1) is 17.6. The topological polar surface area (TPSA) is 50.3 Å². The molecule has 0 spiro atoms. The highest BCUT2D eigenvalue weighted by atomic mass is 32.2. The van der Waals surface area contributed by atoms with Gasteiger partial charge in [-0.2, -0.15) is 0 Å². The molecule has 6 heteroatoms. The van der Waals surface area contributed by atoms with E-state index in [4.69, 9.17) is 0 Å². The summed E-state index contributed by atoms with van der Waals surface area (Å²) < 4.78 is 27.6. The third-order valence-corrected chi connectivity index (χ3v) is 7.07. The van der Waals surface area contributed by atoms with Gasteiger partial charge in [0.25, 0.3) is 10.0 Å². The van der Waals surface area contributed by atoms with E-state index in [1.54, 1.807) is 25.4 Å². The lowest BCUT2D eigenvalue weighted by molar-refractivity contribution is 0.593. The summed E-state index contributed by atoms with van der Waals surface area (Å²) in [7, 11) is -2.04. The van der Waals surface area contributed by atoms with Crippen LogP contribution in [0.2, 0.25) is 0 Å². The van der Waals surface area contributed by atoms with Crippen LogP contribution in [0.15, 0.2) is 52.9 Å². The predicted molar refractivity (Wildman–Crippen MR) is 104 cm³/mol. The Morgan fingerprint density at radius 2 is 1.72 bits per heavy atom. The second kappa shape index (κ2) is 6.61. The van der Waals surface area contributed by atoms with Crippen molar-refractivity contribution in [1.29, 1.82) is 0 Å². The van der Waals surface area contributed by atoms with Crippen molar-refractivity contribution in [1.82, 2.24) is 4.98 Å². The number of benzene rings is 2. The van der Waals surface area contributed by atoms with Crippen molar-refractivity contribution >= 4 is 27.0 Å². The zero-order valence-corrected chi connectivity index (χ0v) is 16.3. The lowest BCUT2D eigenvalue weighted by atomic mass is 10.1. The van der Waals surface area contributed by atoms with Crippen LogP contribution in [0.5, 0.6) is 0 Å². The Labute approximate surface area is 152 Å². The van der Waals surface area contributed by atoms with E-state index >= 15 is 0 Å². The Hall–Kier alpha value is -2.18. The first-order chi connectivity index (χ1) is 11.8. The number of aromatic nitrogens is 1. The number of hydrogen-bond donors (Lipinski definition) is 0. The van der Waals surface area contributed by atoms with E-state index in [1.807, 2.05) is 50.4 Å². The highest BCUT2D eigenvalue weighted by Gasteiger charge is 2.24. The summed E-state index contributed by atoms with van der Waals surface area (Å²) in [5, 5.41) is 2.77. The number of anilines is 1. The maximum Gasteiger partial charge on any atom is 0.264 e. The number of nitrogens with zero attached hydrogens (tertiary/aromatic N) is 2. The van der Waals surface area contributed by atoms with E-state index < -0.39 is 10.0 Å². The minimum Gasteiger partial charge on any atom is -0.269 e. The fraction of sp³-hybridized carbons (Fsp3) is 0.211. The van der Waals surface area contributed by atoms with Crippen molar-refractivity contribution < 1.29 is 8.42 Å². The van der Waals surface area contributed by atoms with E-state index in [0.717, 1.165) is 27.3 Å². The van der Waals surface area contributed by atoms with Gasteiger partial charge in [-0.15, -0.1) is 11.3 Å². The van der Waals surface area contributed by atoms with E-state index in [1.165, 1.54) is 15.6 Å². The van der Waals surface area contributed by atoms with Crippen molar-refractivity contribution in [2.45, 2.75) is 25.7 Å². The van der Waals surface area contributed by atoms with Crippen molar-refractivity contribution in [3.05, 3.63) is 64.7 Å². The molecule has 1 aromatic heterocycles. The van der Waals surface area contributed by atoms with Crippen LogP contribution >= 0.6 is 11.3 Å². The number of thiazole rings is 1. The molecule has 0 saturated carbocycles. The lowest BCUT2D eigenvalue weighted by Gasteiger charge is -2.22. The van der Waals surface area contributed by atoms with Crippen molar-refractivity contribution in [2.75, 3.05) is 11.4 Å². The zero-order chi connectivity index (χ0) is 18.2. The number of rotatable bonds is 4. The first-order valence-electron chi connectivity index (χ1n) is 7.87. The van der Waals surface area contributed by atoms with Gasteiger partial charge in [0.2, 0.25) is 0 Å². The first-order valence-corrected chi connectivity index (χ1v) is 10.2. The van der Waals surface area contributed by atoms with Gasteiger partial charge in [-0.25, -0.2) is 13.4 Å². The third-order valence-electron chi connectivity index (χ3n) is 4.32. The van der Waals surface area contributed by atoms with Gasteiger partial charge in [-0.1, -0.05) is 18.2 Å². The highest BCUT2D eigenvalue weighted by Crippen LogP contribution is 2.30. The van der Waals surface area contributed by atoms with Crippen LogP contribution in [0.1, 0.15) is 16.7 Å². The molecule has 0 unspecified atom stereocenters. The maximum absolute atomic E-state index is 13.1. The Morgan fingerprint density at radius 3 is 2.40 bits per heavy atom. The molecule has 0 fully saturated rings. The quantitative estimate of drug-likeness (QED) is 0.674. The second-order valence-electron chi connectivity index (χ2n) is 6.06. The zero-order valence-electron chi connectivity index (χ0n) is 14.6. The molecule has 0 bridgehead atoms. The summed E-state index contributed by atoms with van der Waals surface area (Å²) in [5.41, 5.74) is 4.33. The summed E-state index contributed by atoms with van der Waals surface area (Å²) in [6.45, 7) is 5.75. The summed E-state index contributed by atoms with van der Waals surface area (Å²) in [6, 6.07) is 11.1. The van der Waals surface area contributed by atoms with Gasteiger partial charge in [-0.05, 0) is 55.7 Å². The second-order valence-corrected chi connectivity index (χ2v) is 8.89. The van der Waals surface area contributed by atoms with Gasteiger partial charge in [0.15, 0.2) is 0 Å². The molecule has 0 radical (unpaired) electrons. The maximum atomic E-state index is 13.1. The molecular weight excluding hydrogens is 352 g/mol. The molecule has 2 aromatic carbocycles. The van der Waals surface area contributed by atoms with Gasteiger partial charge >= 0.3 is 0 Å². The van der Waals surface area contributed by atoms with Crippen molar-refractivity contribution in [3.63, 3.8) is 0 Å². The standard InChI is InChI=1S/C19H20N2O2S2/c1-13-10-15(3)18(11-14(13)2)25(22,23)21(4)17-7-5-6-16(12-17)19-20-8-9-24-19/h5-12H,1-4H3. The molecule has 130 valence electrons. The molecule has 3 rings (SSSR count). The molecule has 0 atom stereocenters. The van der Waals surface area contributed by atoms with E-state index in [9.17, 15) is 8.42 Å². The monoisotopic (exact) mass is 372 g/mol. The van der Waals surface area contributed by atoms with Crippen LogP contribution in [0.3, 0.4) is 0 Å². The average molecular weight is 373 g/mol. The highest BCUT2D eigenvalue weighted by molar-refractivity contribution is 7.92. The van der Waals surface area contributed by atoms with Gasteiger partial charge < -0.3 is 0 Å². The smallest absolute Gasteiger partial charge is 0.264 e. The van der Waals surface area contributed by atoms with Crippen molar-refractivity contribution in [2.24, 2.45) is 0 Å². The fourth-order valence-electron chi connectivity index (χ4n) is 2.70. The molecule has 0 saturated heterocycles. The largest absolute Gasteiger partial charge is 0.269 e. The molecule has 0 aliphatic rings. The molecule has 0 N–H and O–H groups in total. The van der Waals surface area contributed by atoms with E-state index in [0.29, 0.717) is 10.6 Å². The van der Waals surface area contributed by atoms with Gasteiger partial charge in [0, 0.05) is 24.2 Å². The number of sulfonamides is 1. The molecule has 25 heavy (non-hydrogen) atoms. The van der Waals surface area contributed by atoms with E-state index in [2.05, 4.69) is 4.98 Å². The Bertz CT molecular complexity index is 1010. The fourth-order valence-corrected chi connectivity index (χ4v) is 4.81. The molecule has 0 amide bonds. The van der Waals surface area contributed by atoms with Gasteiger partial charge in [-0.3, -0.25) is 4.31 Å². The lowest BCUT2D eigenvalue weighted by Crippen LogP contribution is -2.27. The van der Waals surface area contributed by atoms with Crippen LogP contribution in [0.4, 0.5) is 5.69 Å². The minimum absolute atomic E-state index is 0.345. The molecule has 0 aliphatic heterocycles. The molecule has 0 aliphatic carbocycles. The summed E-state index contributed by atoms with van der Waals surface area (Å²) >= 11 is 1.53. The van der Waals surface area contributed by atoms with Crippen LogP contribution in [-0.4, -0.2) is 20.4 Å². The molecule has 1 heterocycles. The Balaban J connectivity index is 2.04. The SMILES string of the molecule is Cc1cc(C)c(S(=O)(=O)N(C)c2cccc(-c3nccs3)c2)cc1C. The summed E-state index contributed by atoms with van der Waals surface area (Å²) in [4.78, 5) is 4.64. The van der Waals surface area contributed by atoms with Crippen LogP contribution in [0.25, 0.3) is 10.6 Å². The summed E-state index contributed by atoms with van der Waals surface area (Å²) in [5.74, 6) is 0. The van der Waals surface area contributed by atoms with Gasteiger partial charge in [0.1, 0.15) is 5.01 Å². The van der Waals surface area contributed by atoms with Crippen LogP contribution in [0, 0.1) is 20.8 Å². The van der Waals surface area contributed by atoms with Gasteiger partial charge in [0.05, 0.1) is 10.6 Å². The van der Waals surface area contributed by atoms with E-state index in [-0.39, 0.29) is 0 Å². The molecule has 3 aromatic rings. The molecular formula is C19H20N2O2S2. The molecule has 4 nitrogen and oxygen atoms in total. The third kappa shape index (κ3) is 3.32. The predicted octanol–water partition coefficient (Wildman–Crippen LogP) is 4.56. The average Bonchev–Trinajstić information content (AvgIpc) is 3.12. The Kier molecular flexibility index (Phi) is 4.67. The van der Waals surface area contributed by atoms with Crippen molar-refractivity contribution in [3.8, 4) is 10.6 Å². The Morgan fingerprint density at radius 1 is 1.00 bits per heavy atom. The normalized spacial score (nSPS) is 11.5. The number of hydrogen-bond acceptors (Lipinski definition) is 4. The number of aryl methyl sites for hydroxylation is 3. The summed E-state index contributed by atoms with van der Waals surface area (Å²) in [6.07, 6.45) is 1.74. The van der Waals surface area contributed by atoms with Crippen LogP contribution in [-0.2, 0) is 10.0 Å². The van der Waals surface area contributed by atoms with Crippen LogP contribution < -0.4 is 4.31 Å². The minimum atomic E-state index is -3.63.